The summed E-state index contributed by atoms with van der Waals surface area (Å²) in [6.07, 6.45) is 2.06. The highest BCUT2D eigenvalue weighted by atomic mass is 79.9. The lowest BCUT2D eigenvalue weighted by Gasteiger charge is -2.05. The van der Waals surface area contributed by atoms with Gasteiger partial charge in [0.2, 0.25) is 5.69 Å². The van der Waals surface area contributed by atoms with Gasteiger partial charge in [0.1, 0.15) is 6.20 Å². The second-order valence-corrected chi connectivity index (χ2v) is 7.40. The van der Waals surface area contributed by atoms with Gasteiger partial charge in [0.15, 0.2) is 11.5 Å². The van der Waals surface area contributed by atoms with Crippen molar-refractivity contribution in [3.05, 3.63) is 84.1 Å². The van der Waals surface area contributed by atoms with Gasteiger partial charge in [-0.15, -0.1) is 0 Å². The number of hydrazone groups is 1. The Labute approximate surface area is 193 Å². The van der Waals surface area contributed by atoms with Gasteiger partial charge in [0.25, 0.3) is 11.6 Å². The number of non-ortho nitro benzene ring substituents is 1. The number of hydrogen-bond donors (Lipinski definition) is 2. The fourth-order valence-corrected chi connectivity index (χ4v) is 3.02. The van der Waals surface area contributed by atoms with E-state index in [9.17, 15) is 30.1 Å². The van der Waals surface area contributed by atoms with Crippen LogP contribution >= 0.6 is 15.9 Å². The molecule has 0 saturated heterocycles. The van der Waals surface area contributed by atoms with Crippen molar-refractivity contribution >= 4 is 39.4 Å². The predicted octanol–water partition coefficient (Wildman–Crippen LogP) is 2.99. The molecule has 0 unspecified atom stereocenters. The van der Waals surface area contributed by atoms with E-state index in [1.807, 2.05) is 0 Å². The van der Waals surface area contributed by atoms with Gasteiger partial charge < -0.3 is 9.84 Å². The molecule has 0 spiro atoms. The van der Waals surface area contributed by atoms with Gasteiger partial charge in [0, 0.05) is 16.1 Å². The number of nitrogens with one attached hydrogen (secondary N) is 1. The molecule has 13 nitrogen and oxygen atoms in total. The lowest BCUT2D eigenvalue weighted by Crippen LogP contribution is -2.19. The van der Waals surface area contributed by atoms with E-state index in [1.165, 1.54) is 11.8 Å². The van der Waals surface area contributed by atoms with Gasteiger partial charge in [-0.05, 0) is 17.7 Å². The molecular weight excluding hydrogens is 504 g/mol. The topological polar surface area (TPSA) is 175 Å². The number of nitrogens with zero attached hydrogens (tertiary/aromatic N) is 5. The van der Waals surface area contributed by atoms with Gasteiger partial charge in [-0.1, -0.05) is 28.1 Å². The van der Waals surface area contributed by atoms with Crippen molar-refractivity contribution in [2.24, 2.45) is 5.10 Å². The number of ether oxygens (including phenoxy) is 1. The van der Waals surface area contributed by atoms with Crippen LogP contribution in [-0.4, -0.2) is 44.0 Å². The van der Waals surface area contributed by atoms with Crippen LogP contribution in [0.1, 0.15) is 21.6 Å². The van der Waals surface area contributed by atoms with E-state index >= 15 is 0 Å². The number of halogens is 1. The molecule has 0 bridgehead atoms. The summed E-state index contributed by atoms with van der Waals surface area (Å²) >= 11 is 3.32. The molecule has 1 aromatic heterocycles. The highest BCUT2D eigenvalue weighted by Gasteiger charge is 2.25. The molecule has 0 fully saturated rings. The number of methoxy groups -OCH3 is 1. The number of phenolic OH excluding ortho intramolecular Hbond substituents is 1. The fraction of sp³-hybridized carbons (Fsp3) is 0.105. The molecule has 0 aliphatic carbocycles. The van der Waals surface area contributed by atoms with Crippen molar-refractivity contribution in [1.82, 2.24) is 15.2 Å². The van der Waals surface area contributed by atoms with Crippen LogP contribution in [0.5, 0.6) is 11.5 Å². The second kappa shape index (κ2) is 9.86. The first-order valence-corrected chi connectivity index (χ1v) is 9.84. The zero-order chi connectivity index (χ0) is 24.1. The summed E-state index contributed by atoms with van der Waals surface area (Å²) in [5.41, 5.74) is 1.37. The van der Waals surface area contributed by atoms with Crippen LogP contribution in [0, 0.1) is 20.2 Å². The summed E-state index contributed by atoms with van der Waals surface area (Å²) in [6, 6.07) is 9.22. The number of rotatable bonds is 8. The van der Waals surface area contributed by atoms with Crippen LogP contribution < -0.4 is 10.2 Å². The number of nitro groups is 2. The Balaban J connectivity index is 1.81. The molecule has 0 aliphatic heterocycles. The summed E-state index contributed by atoms with van der Waals surface area (Å²) in [4.78, 5) is 33.4. The fourth-order valence-electron chi connectivity index (χ4n) is 2.75. The molecule has 1 heterocycles. The third-order valence-electron chi connectivity index (χ3n) is 4.30. The molecule has 1 amide bonds. The Morgan fingerprint density at radius 2 is 1.97 bits per heavy atom. The van der Waals surface area contributed by atoms with E-state index in [2.05, 4.69) is 31.6 Å². The number of aromatic hydroxyl groups is 1. The lowest BCUT2D eigenvalue weighted by atomic mass is 10.2. The summed E-state index contributed by atoms with van der Waals surface area (Å²) in [6.45, 7) is 0.187. The van der Waals surface area contributed by atoms with E-state index in [1.54, 1.807) is 24.3 Å². The summed E-state index contributed by atoms with van der Waals surface area (Å²) in [5.74, 6) is -1.59. The molecule has 0 saturated carbocycles. The second-order valence-electron chi connectivity index (χ2n) is 6.49. The number of benzene rings is 2. The molecule has 14 heteroatoms. The Morgan fingerprint density at radius 3 is 2.58 bits per heavy atom. The molecular formula is C19H15BrN6O7. The third kappa shape index (κ3) is 5.48. The SMILES string of the molecule is COc1cc([N+](=O)[O-])cc(C=NNC(=O)c2nn(Cc3ccc(Br)cc3)cc2[N+](=O)[O-])c1O. The largest absolute Gasteiger partial charge is 0.504 e. The molecule has 0 aliphatic rings. The van der Waals surface area contributed by atoms with Crippen molar-refractivity contribution in [2.75, 3.05) is 7.11 Å². The first kappa shape index (κ1) is 23.3. The maximum atomic E-state index is 12.4. The van der Waals surface area contributed by atoms with Gasteiger partial charge in [-0.25, -0.2) is 5.43 Å². The van der Waals surface area contributed by atoms with Crippen LogP contribution in [-0.2, 0) is 6.54 Å². The molecule has 0 atom stereocenters. The average Bonchev–Trinajstić information content (AvgIpc) is 3.20. The van der Waals surface area contributed by atoms with E-state index in [4.69, 9.17) is 4.74 Å². The molecule has 0 radical (unpaired) electrons. The van der Waals surface area contributed by atoms with E-state index in [-0.39, 0.29) is 23.5 Å². The quantitative estimate of drug-likeness (QED) is 0.259. The van der Waals surface area contributed by atoms with Gasteiger partial charge in [0.05, 0.1) is 35.8 Å². The molecule has 170 valence electrons. The normalized spacial score (nSPS) is 10.8. The predicted molar refractivity (Wildman–Crippen MR) is 118 cm³/mol. The van der Waals surface area contributed by atoms with E-state index in [0.717, 1.165) is 34.6 Å². The van der Waals surface area contributed by atoms with Gasteiger partial charge >= 0.3 is 5.69 Å². The number of phenols is 1. The summed E-state index contributed by atoms with van der Waals surface area (Å²) in [7, 11) is 1.21. The molecule has 33 heavy (non-hydrogen) atoms. The van der Waals surface area contributed by atoms with Gasteiger partial charge in [-0.2, -0.15) is 10.2 Å². The zero-order valence-corrected chi connectivity index (χ0v) is 18.4. The molecule has 2 aromatic carbocycles. The van der Waals surface area contributed by atoms with Crippen LogP contribution in [0.25, 0.3) is 0 Å². The van der Waals surface area contributed by atoms with Crippen LogP contribution in [0.3, 0.4) is 0 Å². The Hall–Kier alpha value is -4.33. The first-order valence-electron chi connectivity index (χ1n) is 9.04. The number of carbonyl (C=O) groups is 1. The molecule has 2 N–H and O–H groups in total. The van der Waals surface area contributed by atoms with E-state index in [0.29, 0.717) is 0 Å². The minimum atomic E-state index is -0.982. The minimum Gasteiger partial charge on any atom is -0.504 e. The number of hydrogen-bond acceptors (Lipinski definition) is 9. The number of nitro benzene ring substituents is 1. The maximum absolute atomic E-state index is 12.4. The monoisotopic (exact) mass is 518 g/mol. The molecule has 3 rings (SSSR count). The Bertz CT molecular complexity index is 1260. The van der Waals surface area contributed by atoms with Crippen molar-refractivity contribution < 1.29 is 24.5 Å². The van der Waals surface area contributed by atoms with Crippen molar-refractivity contribution in [3.63, 3.8) is 0 Å². The van der Waals surface area contributed by atoms with Crippen LogP contribution in [0.2, 0.25) is 0 Å². The molecule has 3 aromatic rings. The summed E-state index contributed by atoms with van der Waals surface area (Å²) in [5, 5.41) is 40.1. The van der Waals surface area contributed by atoms with Gasteiger partial charge in [-0.3, -0.25) is 29.7 Å². The van der Waals surface area contributed by atoms with E-state index < -0.39 is 32.9 Å². The lowest BCUT2D eigenvalue weighted by molar-refractivity contribution is -0.385. The van der Waals surface area contributed by atoms with Crippen LogP contribution in [0.15, 0.2) is 52.2 Å². The zero-order valence-electron chi connectivity index (χ0n) is 16.8. The highest BCUT2D eigenvalue weighted by Crippen LogP contribution is 2.33. The van der Waals surface area contributed by atoms with Crippen LogP contribution in [0.4, 0.5) is 11.4 Å². The third-order valence-corrected chi connectivity index (χ3v) is 4.83. The number of amides is 1. The Kier molecular flexibility index (Phi) is 6.97. The minimum absolute atomic E-state index is 0.114. The maximum Gasteiger partial charge on any atom is 0.320 e. The number of carbonyl (C=O) groups excluding carboxylic acids is 1. The standard InChI is InChI=1S/C19H15BrN6O7/c1-33-16-7-14(25(29)30)6-12(18(16)27)8-21-22-19(28)17-15(26(31)32)10-24(23-17)9-11-2-4-13(20)5-3-11/h2-8,10,27H,9H2,1H3,(H,22,28). The highest BCUT2D eigenvalue weighted by molar-refractivity contribution is 9.10. The summed E-state index contributed by atoms with van der Waals surface area (Å²) < 4.78 is 6.99. The first-order chi connectivity index (χ1) is 15.7. The Morgan fingerprint density at radius 1 is 1.27 bits per heavy atom. The van der Waals surface area contributed by atoms with Crippen molar-refractivity contribution in [1.29, 1.82) is 0 Å². The van der Waals surface area contributed by atoms with Crippen molar-refractivity contribution in [3.8, 4) is 11.5 Å². The van der Waals surface area contributed by atoms with Crippen molar-refractivity contribution in [2.45, 2.75) is 6.54 Å². The number of aromatic nitrogens is 2. The smallest absolute Gasteiger partial charge is 0.320 e. The average molecular weight is 519 g/mol.